The van der Waals surface area contributed by atoms with E-state index in [-0.39, 0.29) is 0 Å². The Balaban J connectivity index is 1.73. The molecule has 7 heteroatoms. The summed E-state index contributed by atoms with van der Waals surface area (Å²) in [7, 11) is 0. The number of hydrogen-bond acceptors (Lipinski definition) is 5. The van der Waals surface area contributed by atoms with Crippen molar-refractivity contribution in [2.75, 3.05) is 18.9 Å². The Kier molecular flexibility index (Phi) is 4.07. The van der Waals surface area contributed by atoms with Gasteiger partial charge in [-0.2, -0.15) is 10.2 Å². The van der Waals surface area contributed by atoms with Gasteiger partial charge in [-0.3, -0.25) is 9.78 Å². The van der Waals surface area contributed by atoms with Crippen LogP contribution in [-0.4, -0.2) is 38.2 Å². The van der Waals surface area contributed by atoms with Crippen molar-refractivity contribution in [2.24, 2.45) is 0 Å². The van der Waals surface area contributed by atoms with E-state index in [9.17, 15) is 0 Å². The number of rotatable bonds is 6. The number of nitrogen functional groups attached to an aromatic ring is 1. The van der Waals surface area contributed by atoms with Crippen molar-refractivity contribution in [1.29, 1.82) is 0 Å². The lowest BCUT2D eigenvalue weighted by molar-refractivity contribution is 0.124. The van der Waals surface area contributed by atoms with Crippen LogP contribution in [0.15, 0.2) is 36.7 Å². The van der Waals surface area contributed by atoms with E-state index in [0.29, 0.717) is 19.0 Å². The number of aromatic nitrogens is 5. The number of nitrogens with one attached hydrogen (secondary N) is 1. The van der Waals surface area contributed by atoms with Gasteiger partial charge in [0.2, 0.25) is 0 Å². The molecule has 0 aliphatic rings. The number of nitrogens with zero attached hydrogens (tertiary/aromatic N) is 4. The number of H-pyrrole nitrogens is 1. The van der Waals surface area contributed by atoms with E-state index < -0.39 is 0 Å². The summed E-state index contributed by atoms with van der Waals surface area (Å²) in [5, 5.41) is 13.5. The summed E-state index contributed by atoms with van der Waals surface area (Å²) in [4.78, 5) is 4.56. The number of benzene rings is 1. The molecule has 25 heavy (non-hydrogen) atoms. The molecule has 4 aromatic rings. The first-order valence-electron chi connectivity index (χ1n) is 8.40. The lowest BCUT2D eigenvalue weighted by Gasteiger charge is -2.04. The zero-order valence-electron chi connectivity index (χ0n) is 14.1. The van der Waals surface area contributed by atoms with Gasteiger partial charge in [-0.15, -0.1) is 0 Å². The second-order valence-corrected chi connectivity index (χ2v) is 5.97. The summed E-state index contributed by atoms with van der Waals surface area (Å²) in [5.74, 6) is 0.491. The third-order valence-electron chi connectivity index (χ3n) is 4.16. The third kappa shape index (κ3) is 2.94. The van der Waals surface area contributed by atoms with Crippen molar-refractivity contribution in [1.82, 2.24) is 25.0 Å². The van der Waals surface area contributed by atoms with Gasteiger partial charge in [0.15, 0.2) is 0 Å². The van der Waals surface area contributed by atoms with Crippen LogP contribution < -0.4 is 5.73 Å². The van der Waals surface area contributed by atoms with Crippen LogP contribution in [0.1, 0.15) is 13.3 Å². The molecular formula is C18H20N6O. The number of pyridine rings is 1. The highest BCUT2D eigenvalue weighted by atomic mass is 16.5. The largest absolute Gasteiger partial charge is 0.383 e. The fraction of sp³-hybridized carbons (Fsp3) is 0.278. The summed E-state index contributed by atoms with van der Waals surface area (Å²) in [5.41, 5.74) is 9.82. The number of nitrogens with two attached hydrogens (primary N) is 1. The minimum absolute atomic E-state index is 0.491. The van der Waals surface area contributed by atoms with Crippen LogP contribution in [0.4, 0.5) is 5.82 Å². The average molecular weight is 336 g/mol. The molecule has 3 aromatic heterocycles. The van der Waals surface area contributed by atoms with Gasteiger partial charge in [0, 0.05) is 30.0 Å². The van der Waals surface area contributed by atoms with Gasteiger partial charge in [0.25, 0.3) is 0 Å². The lowest BCUT2D eigenvalue weighted by Crippen LogP contribution is -2.06. The zero-order chi connectivity index (χ0) is 17.2. The molecule has 0 unspecified atom stereocenters. The second kappa shape index (κ2) is 6.52. The molecule has 0 aliphatic heterocycles. The maximum absolute atomic E-state index is 6.16. The molecule has 0 saturated heterocycles. The molecule has 3 N–H and O–H groups in total. The van der Waals surface area contributed by atoms with E-state index in [2.05, 4.69) is 27.2 Å². The molecular weight excluding hydrogens is 316 g/mol. The van der Waals surface area contributed by atoms with Gasteiger partial charge >= 0.3 is 0 Å². The SMILES string of the molecule is CCCOCCn1cc2c(N)nc3cc(-c4ccn[nH]4)ccc3c2n1. The van der Waals surface area contributed by atoms with E-state index >= 15 is 0 Å². The quantitative estimate of drug-likeness (QED) is 0.528. The fourth-order valence-electron chi connectivity index (χ4n) is 2.93. The highest BCUT2D eigenvalue weighted by molar-refractivity contribution is 6.08. The topological polar surface area (TPSA) is 94.6 Å². The van der Waals surface area contributed by atoms with E-state index in [4.69, 9.17) is 10.5 Å². The number of fused-ring (bicyclic) bond motifs is 3. The highest BCUT2D eigenvalue weighted by Crippen LogP contribution is 2.29. The molecule has 3 heterocycles. The predicted octanol–water partition coefficient (Wildman–Crippen LogP) is 2.98. The van der Waals surface area contributed by atoms with Gasteiger partial charge in [-0.25, -0.2) is 4.98 Å². The van der Waals surface area contributed by atoms with Crippen molar-refractivity contribution < 1.29 is 4.74 Å². The van der Waals surface area contributed by atoms with Crippen molar-refractivity contribution in [3.8, 4) is 11.3 Å². The van der Waals surface area contributed by atoms with Gasteiger partial charge in [-0.1, -0.05) is 13.0 Å². The van der Waals surface area contributed by atoms with Crippen LogP contribution in [-0.2, 0) is 11.3 Å². The molecule has 1 aromatic carbocycles. The van der Waals surface area contributed by atoms with E-state index in [1.165, 1.54) is 0 Å². The average Bonchev–Trinajstić information content (AvgIpc) is 3.28. The number of anilines is 1. The van der Waals surface area contributed by atoms with Crippen LogP contribution in [0, 0.1) is 0 Å². The Bertz CT molecular complexity index is 1010. The molecule has 0 radical (unpaired) electrons. The standard InChI is InChI=1S/C18H20N6O/c1-2-8-25-9-7-24-11-14-17(23-24)13-4-3-12(15-5-6-20-22-15)10-16(13)21-18(14)19/h3-6,10-11H,2,7-9H2,1H3,(H2,19,21)(H,20,22). The van der Waals surface area contributed by atoms with Crippen molar-refractivity contribution in [3.63, 3.8) is 0 Å². The van der Waals surface area contributed by atoms with Crippen LogP contribution in [0.3, 0.4) is 0 Å². The first-order chi connectivity index (χ1) is 12.3. The minimum atomic E-state index is 0.491. The molecule has 0 bridgehead atoms. The second-order valence-electron chi connectivity index (χ2n) is 5.97. The number of hydrogen-bond donors (Lipinski definition) is 2. The predicted molar refractivity (Wildman–Crippen MR) is 98.1 cm³/mol. The first kappa shape index (κ1) is 15.6. The Morgan fingerprint density at radius 3 is 2.92 bits per heavy atom. The molecule has 0 aliphatic carbocycles. The number of aromatic amines is 1. The lowest BCUT2D eigenvalue weighted by atomic mass is 10.1. The van der Waals surface area contributed by atoms with E-state index in [1.807, 2.05) is 35.1 Å². The fourth-order valence-corrected chi connectivity index (χ4v) is 2.93. The molecule has 4 rings (SSSR count). The van der Waals surface area contributed by atoms with E-state index in [1.54, 1.807) is 6.20 Å². The minimum Gasteiger partial charge on any atom is -0.383 e. The molecule has 0 saturated carbocycles. The first-order valence-corrected chi connectivity index (χ1v) is 8.40. The van der Waals surface area contributed by atoms with Crippen molar-refractivity contribution >= 4 is 27.6 Å². The maximum Gasteiger partial charge on any atom is 0.135 e. The monoisotopic (exact) mass is 336 g/mol. The molecule has 0 spiro atoms. The van der Waals surface area contributed by atoms with Crippen LogP contribution in [0.5, 0.6) is 0 Å². The smallest absolute Gasteiger partial charge is 0.135 e. The molecule has 0 amide bonds. The third-order valence-corrected chi connectivity index (χ3v) is 4.16. The molecule has 0 atom stereocenters. The Labute approximate surface area is 144 Å². The maximum atomic E-state index is 6.16. The zero-order valence-corrected chi connectivity index (χ0v) is 14.1. The van der Waals surface area contributed by atoms with Gasteiger partial charge < -0.3 is 10.5 Å². The van der Waals surface area contributed by atoms with Crippen LogP contribution >= 0.6 is 0 Å². The van der Waals surface area contributed by atoms with E-state index in [0.717, 1.165) is 46.1 Å². The Morgan fingerprint density at radius 1 is 1.20 bits per heavy atom. The van der Waals surface area contributed by atoms with Gasteiger partial charge in [-0.05, 0) is 24.6 Å². The highest BCUT2D eigenvalue weighted by Gasteiger charge is 2.12. The van der Waals surface area contributed by atoms with Gasteiger partial charge in [0.05, 0.1) is 29.7 Å². The van der Waals surface area contributed by atoms with Crippen molar-refractivity contribution in [3.05, 3.63) is 36.7 Å². The summed E-state index contributed by atoms with van der Waals surface area (Å²) in [6, 6.07) is 8.00. The summed E-state index contributed by atoms with van der Waals surface area (Å²) >= 11 is 0. The number of ether oxygens (including phenoxy) is 1. The molecule has 7 nitrogen and oxygen atoms in total. The molecule has 128 valence electrons. The van der Waals surface area contributed by atoms with Crippen LogP contribution in [0.25, 0.3) is 33.1 Å². The Hall–Kier alpha value is -2.93. The van der Waals surface area contributed by atoms with Gasteiger partial charge in [0.1, 0.15) is 11.3 Å². The van der Waals surface area contributed by atoms with Crippen molar-refractivity contribution in [2.45, 2.75) is 19.9 Å². The Morgan fingerprint density at radius 2 is 2.12 bits per heavy atom. The summed E-state index contributed by atoms with van der Waals surface area (Å²) < 4.78 is 7.42. The summed E-state index contributed by atoms with van der Waals surface area (Å²) in [6.07, 6.45) is 4.68. The molecule has 0 fully saturated rings. The van der Waals surface area contributed by atoms with Crippen LogP contribution in [0.2, 0.25) is 0 Å². The summed E-state index contributed by atoms with van der Waals surface area (Å²) in [6.45, 7) is 4.20. The normalized spacial score (nSPS) is 11.6.